The zero-order valence-electron chi connectivity index (χ0n) is 9.77. The molecule has 3 N–H and O–H groups in total. The van der Waals surface area contributed by atoms with Gasteiger partial charge in [0.2, 0.25) is 0 Å². The molecule has 17 heavy (non-hydrogen) atoms. The van der Waals surface area contributed by atoms with Crippen molar-refractivity contribution in [2.45, 2.75) is 6.92 Å². The van der Waals surface area contributed by atoms with Gasteiger partial charge in [-0.1, -0.05) is 30.9 Å². The highest BCUT2D eigenvalue weighted by atomic mass is 15.0. The van der Waals surface area contributed by atoms with Crippen LogP contribution in [0.3, 0.4) is 0 Å². The quantitative estimate of drug-likeness (QED) is 0.842. The summed E-state index contributed by atoms with van der Waals surface area (Å²) in [5.74, 6) is 1.22. The molecule has 0 amide bonds. The van der Waals surface area contributed by atoms with E-state index in [2.05, 4.69) is 16.9 Å². The Labute approximate surface area is 101 Å². The summed E-state index contributed by atoms with van der Waals surface area (Å²) in [7, 11) is 0. The van der Waals surface area contributed by atoms with Gasteiger partial charge in [-0.2, -0.15) is 0 Å². The summed E-state index contributed by atoms with van der Waals surface area (Å²) in [6.45, 7) is 5.77. The smallest absolute Gasteiger partial charge is 0.133 e. The molecule has 0 aliphatic rings. The molecule has 0 atom stereocenters. The molecular weight excluding hydrogens is 210 g/mol. The maximum Gasteiger partial charge on any atom is 0.133 e. The molecule has 2 aromatic rings. The van der Waals surface area contributed by atoms with E-state index < -0.39 is 0 Å². The molecular formula is C14H15N3. The van der Waals surface area contributed by atoms with Crippen LogP contribution >= 0.6 is 0 Å². The molecule has 0 bridgehead atoms. The summed E-state index contributed by atoms with van der Waals surface area (Å²) in [5.41, 5.74) is 8.87. The molecule has 0 spiro atoms. The van der Waals surface area contributed by atoms with E-state index in [4.69, 9.17) is 5.73 Å². The number of anilines is 3. The number of aryl methyl sites for hydroxylation is 1. The maximum atomic E-state index is 5.73. The summed E-state index contributed by atoms with van der Waals surface area (Å²) < 4.78 is 0. The lowest BCUT2D eigenvalue weighted by Gasteiger charge is -2.09. The molecule has 1 aromatic carbocycles. The van der Waals surface area contributed by atoms with Crippen molar-refractivity contribution in [2.24, 2.45) is 0 Å². The molecule has 1 aromatic heterocycles. The first-order valence-electron chi connectivity index (χ1n) is 5.41. The Kier molecular flexibility index (Phi) is 3.10. The normalized spacial score (nSPS) is 9.94. The van der Waals surface area contributed by atoms with Gasteiger partial charge in [-0.15, -0.1) is 0 Å². The zero-order chi connectivity index (χ0) is 12.3. The number of nitrogen functional groups attached to an aromatic ring is 1. The van der Waals surface area contributed by atoms with Gasteiger partial charge in [0.1, 0.15) is 11.6 Å². The predicted octanol–water partition coefficient (Wildman–Crippen LogP) is 3.36. The molecule has 0 fully saturated rings. The van der Waals surface area contributed by atoms with E-state index in [1.807, 2.05) is 37.3 Å². The van der Waals surface area contributed by atoms with Crippen molar-refractivity contribution in [3.05, 3.63) is 54.1 Å². The van der Waals surface area contributed by atoms with Crippen LogP contribution in [0.1, 0.15) is 11.1 Å². The van der Waals surface area contributed by atoms with E-state index in [-0.39, 0.29) is 0 Å². The first kappa shape index (κ1) is 11.2. The number of hydrogen-bond acceptors (Lipinski definition) is 3. The molecule has 0 aliphatic carbocycles. The van der Waals surface area contributed by atoms with Gasteiger partial charge in [-0.25, -0.2) is 4.98 Å². The topological polar surface area (TPSA) is 50.9 Å². The number of rotatable bonds is 3. The van der Waals surface area contributed by atoms with Crippen molar-refractivity contribution < 1.29 is 0 Å². The van der Waals surface area contributed by atoms with Crippen LogP contribution in [0.25, 0.3) is 6.08 Å². The maximum absolute atomic E-state index is 5.73. The summed E-state index contributed by atoms with van der Waals surface area (Å²) in [4.78, 5) is 4.24. The van der Waals surface area contributed by atoms with Crippen LogP contribution in [-0.4, -0.2) is 4.98 Å². The number of para-hydroxylation sites is 1. The number of hydrogen-bond donors (Lipinski definition) is 2. The molecule has 86 valence electrons. The van der Waals surface area contributed by atoms with Crippen molar-refractivity contribution in [2.75, 3.05) is 11.1 Å². The van der Waals surface area contributed by atoms with Gasteiger partial charge in [-0.05, 0) is 36.2 Å². The van der Waals surface area contributed by atoms with Crippen molar-refractivity contribution in [1.29, 1.82) is 0 Å². The highest BCUT2D eigenvalue weighted by Gasteiger charge is 2.01. The van der Waals surface area contributed by atoms with E-state index in [1.165, 1.54) is 0 Å². The number of nitrogens with two attached hydrogens (primary N) is 1. The van der Waals surface area contributed by atoms with Gasteiger partial charge < -0.3 is 11.1 Å². The minimum absolute atomic E-state index is 0.485. The minimum atomic E-state index is 0.485. The molecule has 0 saturated heterocycles. The zero-order valence-corrected chi connectivity index (χ0v) is 9.77. The van der Waals surface area contributed by atoms with Crippen molar-refractivity contribution in [1.82, 2.24) is 4.98 Å². The van der Waals surface area contributed by atoms with Gasteiger partial charge in [0.05, 0.1) is 0 Å². The fourth-order valence-corrected chi connectivity index (χ4v) is 1.61. The number of aromatic nitrogens is 1. The minimum Gasteiger partial charge on any atom is -0.384 e. The lowest BCUT2D eigenvalue weighted by Crippen LogP contribution is -1.99. The first-order chi connectivity index (χ1) is 8.19. The lowest BCUT2D eigenvalue weighted by molar-refractivity contribution is 1.30. The van der Waals surface area contributed by atoms with E-state index in [9.17, 15) is 0 Å². The average molecular weight is 225 g/mol. The first-order valence-corrected chi connectivity index (χ1v) is 5.41. The third kappa shape index (κ3) is 2.64. The number of nitrogens with zero attached hydrogens (tertiary/aromatic N) is 1. The fraction of sp³-hybridized carbons (Fsp3) is 0.0714. The summed E-state index contributed by atoms with van der Waals surface area (Å²) >= 11 is 0. The highest BCUT2D eigenvalue weighted by Crippen LogP contribution is 2.20. The molecule has 0 saturated carbocycles. The summed E-state index contributed by atoms with van der Waals surface area (Å²) in [6.07, 6.45) is 1.75. The second-order valence-electron chi connectivity index (χ2n) is 3.85. The van der Waals surface area contributed by atoms with E-state index in [1.54, 1.807) is 12.1 Å². The highest BCUT2D eigenvalue weighted by molar-refractivity contribution is 5.65. The Morgan fingerprint density at radius 1 is 1.29 bits per heavy atom. The van der Waals surface area contributed by atoms with Gasteiger partial charge in [-0.3, -0.25) is 0 Å². The van der Waals surface area contributed by atoms with Gasteiger partial charge in [0.25, 0.3) is 0 Å². The molecule has 0 radical (unpaired) electrons. The monoisotopic (exact) mass is 225 g/mol. The molecule has 2 rings (SSSR count). The number of pyridine rings is 1. The molecule has 3 heteroatoms. The molecule has 1 heterocycles. The second kappa shape index (κ2) is 4.70. The summed E-state index contributed by atoms with van der Waals surface area (Å²) in [5, 5.41) is 3.25. The van der Waals surface area contributed by atoms with Crippen LogP contribution in [0, 0.1) is 6.92 Å². The van der Waals surface area contributed by atoms with Crippen LogP contribution in [0.15, 0.2) is 43.0 Å². The van der Waals surface area contributed by atoms with Gasteiger partial charge in [0, 0.05) is 5.69 Å². The van der Waals surface area contributed by atoms with Gasteiger partial charge in [0.15, 0.2) is 0 Å². The third-order valence-corrected chi connectivity index (χ3v) is 2.51. The van der Waals surface area contributed by atoms with Crippen LogP contribution in [0.5, 0.6) is 0 Å². The van der Waals surface area contributed by atoms with Gasteiger partial charge >= 0.3 is 0 Å². The number of benzene rings is 1. The Morgan fingerprint density at radius 3 is 2.76 bits per heavy atom. The Bertz CT molecular complexity index is 547. The van der Waals surface area contributed by atoms with Crippen LogP contribution in [-0.2, 0) is 0 Å². The SMILES string of the molecule is C=Cc1cc(N)nc(Nc2ccccc2C)c1. The van der Waals surface area contributed by atoms with Crippen molar-refractivity contribution in [3.63, 3.8) is 0 Å². The Balaban J connectivity index is 2.33. The third-order valence-electron chi connectivity index (χ3n) is 2.51. The van der Waals surface area contributed by atoms with E-state index >= 15 is 0 Å². The Hall–Kier alpha value is -2.29. The number of nitrogens with one attached hydrogen (secondary N) is 1. The van der Waals surface area contributed by atoms with Crippen LogP contribution in [0.2, 0.25) is 0 Å². The predicted molar refractivity (Wildman–Crippen MR) is 73.2 cm³/mol. The van der Waals surface area contributed by atoms with E-state index in [0.717, 1.165) is 22.6 Å². The van der Waals surface area contributed by atoms with Crippen LogP contribution in [0.4, 0.5) is 17.3 Å². The second-order valence-corrected chi connectivity index (χ2v) is 3.85. The Morgan fingerprint density at radius 2 is 2.06 bits per heavy atom. The van der Waals surface area contributed by atoms with Crippen molar-refractivity contribution >= 4 is 23.4 Å². The largest absolute Gasteiger partial charge is 0.384 e. The summed E-state index contributed by atoms with van der Waals surface area (Å²) in [6, 6.07) is 11.7. The van der Waals surface area contributed by atoms with Crippen molar-refractivity contribution in [3.8, 4) is 0 Å². The molecule has 3 nitrogen and oxygen atoms in total. The fourth-order valence-electron chi connectivity index (χ4n) is 1.61. The molecule has 0 aliphatic heterocycles. The van der Waals surface area contributed by atoms with E-state index in [0.29, 0.717) is 5.82 Å². The molecule has 0 unspecified atom stereocenters. The lowest BCUT2D eigenvalue weighted by atomic mass is 10.2. The standard InChI is InChI=1S/C14H15N3/c1-3-11-8-13(15)17-14(9-11)16-12-7-5-4-6-10(12)2/h3-9H,1H2,2H3,(H3,15,16,17). The van der Waals surface area contributed by atoms with Crippen LogP contribution < -0.4 is 11.1 Å². The average Bonchev–Trinajstić information content (AvgIpc) is 2.31.